The van der Waals surface area contributed by atoms with Crippen molar-refractivity contribution in [3.63, 3.8) is 0 Å². The molecule has 0 fully saturated rings. The van der Waals surface area contributed by atoms with Crippen LogP contribution in [0.1, 0.15) is 24.8 Å². The quantitative estimate of drug-likeness (QED) is 0.750. The maximum absolute atomic E-state index is 13.2. The lowest BCUT2D eigenvalue weighted by Crippen LogP contribution is -1.92. The van der Waals surface area contributed by atoms with Crippen LogP contribution in [0, 0.1) is 5.82 Å². The molecule has 0 amide bonds. The highest BCUT2D eigenvalue weighted by atomic mass is 35.5. The van der Waals surface area contributed by atoms with Crippen LogP contribution in [0.2, 0.25) is 5.02 Å². The number of benzene rings is 1. The van der Waals surface area contributed by atoms with Crippen molar-refractivity contribution in [1.29, 1.82) is 0 Å². The van der Waals surface area contributed by atoms with E-state index in [1.54, 1.807) is 12.1 Å². The van der Waals surface area contributed by atoms with Gasteiger partial charge in [-0.3, -0.25) is 0 Å². The Kier molecular flexibility index (Phi) is 4.91. The number of hydrogen-bond acceptors (Lipinski definition) is 1. The van der Waals surface area contributed by atoms with Crippen molar-refractivity contribution in [2.24, 2.45) is 0 Å². The summed E-state index contributed by atoms with van der Waals surface area (Å²) in [7, 11) is 0. The van der Waals surface area contributed by atoms with Crippen LogP contribution in [0.15, 0.2) is 18.2 Å². The predicted molar refractivity (Wildman–Crippen MR) is 56.1 cm³/mol. The first kappa shape index (κ1) is 11.5. The summed E-state index contributed by atoms with van der Waals surface area (Å²) >= 11 is 5.75. The molecule has 1 aromatic carbocycles. The third-order valence-electron chi connectivity index (χ3n) is 2.11. The molecule has 0 unspecified atom stereocenters. The molecule has 0 aliphatic carbocycles. The Balaban J connectivity index is 2.45. The molecule has 0 bridgehead atoms. The first-order valence-corrected chi connectivity index (χ1v) is 5.16. The molecule has 0 aliphatic heterocycles. The standard InChI is InChI=1S/C11H14ClFO/c12-10-5-6-11(13)9(8-10)4-2-1-3-7-14/h5-6,8,14H,1-4,7H2. The molecule has 1 aromatic rings. The summed E-state index contributed by atoms with van der Waals surface area (Å²) in [6, 6.07) is 4.60. The van der Waals surface area contributed by atoms with Crippen molar-refractivity contribution in [1.82, 2.24) is 0 Å². The Hall–Kier alpha value is -0.600. The SMILES string of the molecule is OCCCCCc1cc(Cl)ccc1F. The van der Waals surface area contributed by atoms with E-state index in [1.807, 2.05) is 0 Å². The van der Waals surface area contributed by atoms with E-state index in [-0.39, 0.29) is 12.4 Å². The van der Waals surface area contributed by atoms with E-state index in [4.69, 9.17) is 16.7 Å². The average Bonchev–Trinajstić information content (AvgIpc) is 2.18. The Bertz CT molecular complexity index is 289. The molecule has 0 heterocycles. The highest BCUT2D eigenvalue weighted by Gasteiger charge is 2.02. The van der Waals surface area contributed by atoms with Crippen molar-refractivity contribution in [2.45, 2.75) is 25.7 Å². The number of unbranched alkanes of at least 4 members (excludes halogenated alkanes) is 2. The van der Waals surface area contributed by atoms with E-state index < -0.39 is 0 Å². The Morgan fingerprint density at radius 1 is 1.21 bits per heavy atom. The van der Waals surface area contributed by atoms with Crippen LogP contribution < -0.4 is 0 Å². The van der Waals surface area contributed by atoms with Gasteiger partial charge in [-0.2, -0.15) is 0 Å². The zero-order chi connectivity index (χ0) is 10.4. The fourth-order valence-electron chi connectivity index (χ4n) is 1.34. The topological polar surface area (TPSA) is 20.2 Å². The minimum atomic E-state index is -0.196. The molecular weight excluding hydrogens is 203 g/mol. The smallest absolute Gasteiger partial charge is 0.126 e. The minimum Gasteiger partial charge on any atom is -0.396 e. The van der Waals surface area contributed by atoms with E-state index in [2.05, 4.69) is 0 Å². The summed E-state index contributed by atoms with van der Waals surface area (Å²) in [6.45, 7) is 0.206. The van der Waals surface area contributed by atoms with E-state index in [0.717, 1.165) is 19.3 Å². The van der Waals surface area contributed by atoms with Crippen LogP contribution in [0.5, 0.6) is 0 Å². The van der Waals surface area contributed by atoms with Gasteiger partial charge in [-0.25, -0.2) is 4.39 Å². The van der Waals surface area contributed by atoms with Crippen LogP contribution in [0.25, 0.3) is 0 Å². The van der Waals surface area contributed by atoms with Crippen LogP contribution in [-0.4, -0.2) is 11.7 Å². The molecule has 0 radical (unpaired) electrons. The fourth-order valence-corrected chi connectivity index (χ4v) is 1.53. The summed E-state index contributed by atoms with van der Waals surface area (Å²) < 4.78 is 13.2. The second-order valence-electron chi connectivity index (χ2n) is 3.27. The minimum absolute atomic E-state index is 0.196. The van der Waals surface area contributed by atoms with Crippen LogP contribution in [0.4, 0.5) is 4.39 Å². The van der Waals surface area contributed by atoms with Gasteiger partial charge in [0, 0.05) is 11.6 Å². The third-order valence-corrected chi connectivity index (χ3v) is 2.35. The summed E-state index contributed by atoms with van der Waals surface area (Å²) in [5, 5.41) is 9.14. The fraction of sp³-hybridized carbons (Fsp3) is 0.455. The van der Waals surface area contributed by atoms with E-state index in [0.29, 0.717) is 17.0 Å². The lowest BCUT2D eigenvalue weighted by molar-refractivity contribution is 0.283. The predicted octanol–water partition coefficient (Wildman–Crippen LogP) is 3.18. The van der Waals surface area contributed by atoms with Crippen LogP contribution >= 0.6 is 11.6 Å². The zero-order valence-electron chi connectivity index (χ0n) is 7.97. The van der Waals surface area contributed by atoms with E-state index >= 15 is 0 Å². The third kappa shape index (κ3) is 3.64. The van der Waals surface area contributed by atoms with Gasteiger partial charge in [0.05, 0.1) is 0 Å². The molecule has 0 saturated heterocycles. The first-order valence-electron chi connectivity index (χ1n) is 4.79. The molecular formula is C11H14ClFO. The largest absolute Gasteiger partial charge is 0.396 e. The molecule has 0 aromatic heterocycles. The summed E-state index contributed by atoms with van der Waals surface area (Å²) in [5.41, 5.74) is 0.662. The molecule has 14 heavy (non-hydrogen) atoms. The number of rotatable bonds is 5. The van der Waals surface area contributed by atoms with Gasteiger partial charge >= 0.3 is 0 Å². The maximum atomic E-state index is 13.2. The van der Waals surface area contributed by atoms with Crippen molar-refractivity contribution in [2.75, 3.05) is 6.61 Å². The van der Waals surface area contributed by atoms with Crippen molar-refractivity contribution >= 4 is 11.6 Å². The molecule has 0 spiro atoms. The molecule has 1 nitrogen and oxygen atoms in total. The summed E-state index contributed by atoms with van der Waals surface area (Å²) in [4.78, 5) is 0. The van der Waals surface area contributed by atoms with Gasteiger partial charge in [0.25, 0.3) is 0 Å². The summed E-state index contributed by atoms with van der Waals surface area (Å²) in [6.07, 6.45) is 3.27. The number of halogens is 2. The van der Waals surface area contributed by atoms with Gasteiger partial charge < -0.3 is 5.11 Å². The number of aliphatic hydroxyl groups is 1. The van der Waals surface area contributed by atoms with Crippen molar-refractivity contribution in [3.8, 4) is 0 Å². The molecule has 3 heteroatoms. The van der Waals surface area contributed by atoms with E-state index in [9.17, 15) is 4.39 Å². The van der Waals surface area contributed by atoms with Crippen molar-refractivity contribution in [3.05, 3.63) is 34.6 Å². The van der Waals surface area contributed by atoms with Crippen LogP contribution in [-0.2, 0) is 6.42 Å². The lowest BCUT2D eigenvalue weighted by atomic mass is 10.1. The van der Waals surface area contributed by atoms with Gasteiger partial charge in [-0.1, -0.05) is 18.0 Å². The highest BCUT2D eigenvalue weighted by Crippen LogP contribution is 2.17. The molecule has 0 aliphatic rings. The maximum Gasteiger partial charge on any atom is 0.126 e. The number of hydrogen-bond donors (Lipinski definition) is 1. The first-order chi connectivity index (χ1) is 6.74. The second kappa shape index (κ2) is 5.99. The molecule has 1 N–H and O–H groups in total. The Labute approximate surface area is 88.5 Å². The van der Waals surface area contributed by atoms with E-state index in [1.165, 1.54) is 6.07 Å². The summed E-state index contributed by atoms with van der Waals surface area (Å²) in [5.74, 6) is -0.196. The second-order valence-corrected chi connectivity index (χ2v) is 3.71. The monoisotopic (exact) mass is 216 g/mol. The Morgan fingerprint density at radius 2 is 2.00 bits per heavy atom. The zero-order valence-corrected chi connectivity index (χ0v) is 8.73. The number of aryl methyl sites for hydroxylation is 1. The molecule has 0 saturated carbocycles. The molecule has 78 valence electrons. The Morgan fingerprint density at radius 3 is 2.71 bits per heavy atom. The van der Waals surface area contributed by atoms with Gasteiger partial charge in [0.2, 0.25) is 0 Å². The van der Waals surface area contributed by atoms with Crippen molar-refractivity contribution < 1.29 is 9.50 Å². The molecule has 1 rings (SSSR count). The average molecular weight is 217 g/mol. The molecule has 0 atom stereocenters. The highest BCUT2D eigenvalue weighted by molar-refractivity contribution is 6.30. The number of aliphatic hydroxyl groups excluding tert-OH is 1. The van der Waals surface area contributed by atoms with Crippen LogP contribution in [0.3, 0.4) is 0 Å². The van der Waals surface area contributed by atoms with Gasteiger partial charge in [-0.15, -0.1) is 0 Å². The normalized spacial score (nSPS) is 10.5. The van der Waals surface area contributed by atoms with Gasteiger partial charge in [0.15, 0.2) is 0 Å². The van der Waals surface area contributed by atoms with Gasteiger partial charge in [0.1, 0.15) is 5.82 Å². The van der Waals surface area contributed by atoms with Gasteiger partial charge in [-0.05, 0) is 43.0 Å². The lowest BCUT2D eigenvalue weighted by Gasteiger charge is -2.03.